The molecule has 2 saturated heterocycles. The standard InChI is InChI=1S/C16H23N3O2S/c20-16(15-11-22-12-18-15)17-9-13-3-1-2-4-14(13)10-19-5-7-21-8-6-19/h1-4,15,18H,5-12H2,(H,17,20). The summed E-state index contributed by atoms with van der Waals surface area (Å²) in [4.78, 5) is 14.5. The molecule has 0 aromatic heterocycles. The van der Waals surface area contributed by atoms with Crippen molar-refractivity contribution in [1.82, 2.24) is 15.5 Å². The van der Waals surface area contributed by atoms with E-state index in [0.717, 1.165) is 44.5 Å². The van der Waals surface area contributed by atoms with Gasteiger partial charge in [0.1, 0.15) is 0 Å². The van der Waals surface area contributed by atoms with E-state index in [2.05, 4.69) is 33.7 Å². The highest BCUT2D eigenvalue weighted by atomic mass is 32.2. The molecule has 1 aromatic rings. The van der Waals surface area contributed by atoms with Gasteiger partial charge >= 0.3 is 0 Å². The van der Waals surface area contributed by atoms with Crippen molar-refractivity contribution in [2.24, 2.45) is 0 Å². The van der Waals surface area contributed by atoms with Gasteiger partial charge in [0, 0.05) is 37.8 Å². The zero-order valence-corrected chi connectivity index (χ0v) is 13.5. The summed E-state index contributed by atoms with van der Waals surface area (Å²) in [6.45, 7) is 5.09. The van der Waals surface area contributed by atoms with E-state index in [9.17, 15) is 4.79 Å². The molecule has 0 saturated carbocycles. The van der Waals surface area contributed by atoms with Crippen LogP contribution in [0, 0.1) is 0 Å². The van der Waals surface area contributed by atoms with Crippen LogP contribution in [0.1, 0.15) is 11.1 Å². The molecule has 0 spiro atoms. The van der Waals surface area contributed by atoms with Gasteiger partial charge in [-0.1, -0.05) is 24.3 Å². The molecule has 1 unspecified atom stereocenters. The molecular formula is C16H23N3O2S. The number of thioether (sulfide) groups is 1. The first kappa shape index (κ1) is 15.8. The van der Waals surface area contributed by atoms with Crippen molar-refractivity contribution in [2.75, 3.05) is 37.9 Å². The third-order valence-corrected chi connectivity index (χ3v) is 5.04. The summed E-state index contributed by atoms with van der Waals surface area (Å²) in [6, 6.07) is 8.31. The number of benzene rings is 1. The number of hydrogen-bond donors (Lipinski definition) is 2. The van der Waals surface area contributed by atoms with E-state index in [-0.39, 0.29) is 11.9 Å². The summed E-state index contributed by atoms with van der Waals surface area (Å²) in [5, 5.41) is 6.26. The van der Waals surface area contributed by atoms with Crippen LogP contribution >= 0.6 is 11.8 Å². The Morgan fingerprint density at radius 1 is 1.32 bits per heavy atom. The van der Waals surface area contributed by atoms with Crippen molar-refractivity contribution >= 4 is 17.7 Å². The SMILES string of the molecule is O=C(NCc1ccccc1CN1CCOCC1)C1CSCN1. The Kier molecular flexibility index (Phi) is 5.72. The first-order valence-corrected chi connectivity index (χ1v) is 8.94. The van der Waals surface area contributed by atoms with E-state index in [1.54, 1.807) is 11.8 Å². The van der Waals surface area contributed by atoms with Gasteiger partial charge < -0.3 is 10.1 Å². The van der Waals surface area contributed by atoms with Gasteiger partial charge in [-0.3, -0.25) is 15.0 Å². The van der Waals surface area contributed by atoms with Gasteiger partial charge in [0.25, 0.3) is 0 Å². The van der Waals surface area contributed by atoms with Crippen molar-refractivity contribution in [3.8, 4) is 0 Å². The largest absolute Gasteiger partial charge is 0.379 e. The van der Waals surface area contributed by atoms with Gasteiger partial charge in [0.2, 0.25) is 5.91 Å². The molecule has 22 heavy (non-hydrogen) atoms. The number of hydrogen-bond acceptors (Lipinski definition) is 5. The number of nitrogens with one attached hydrogen (secondary N) is 2. The Labute approximate surface area is 135 Å². The van der Waals surface area contributed by atoms with Crippen LogP contribution in [-0.2, 0) is 22.6 Å². The zero-order chi connectivity index (χ0) is 15.2. The number of nitrogens with zero attached hydrogens (tertiary/aromatic N) is 1. The van der Waals surface area contributed by atoms with Crippen LogP contribution in [0.2, 0.25) is 0 Å². The fourth-order valence-electron chi connectivity index (χ4n) is 2.75. The Balaban J connectivity index is 1.57. The second kappa shape index (κ2) is 7.97. The zero-order valence-electron chi connectivity index (χ0n) is 12.7. The fraction of sp³-hybridized carbons (Fsp3) is 0.562. The lowest BCUT2D eigenvalue weighted by Crippen LogP contribution is -2.41. The summed E-state index contributed by atoms with van der Waals surface area (Å²) in [5.41, 5.74) is 2.49. The summed E-state index contributed by atoms with van der Waals surface area (Å²) >= 11 is 1.77. The fourth-order valence-corrected chi connectivity index (χ4v) is 3.70. The van der Waals surface area contributed by atoms with Crippen molar-refractivity contribution in [1.29, 1.82) is 0 Å². The van der Waals surface area contributed by atoms with Crippen molar-refractivity contribution in [2.45, 2.75) is 19.1 Å². The maximum absolute atomic E-state index is 12.1. The minimum Gasteiger partial charge on any atom is -0.379 e. The Morgan fingerprint density at radius 3 is 2.82 bits per heavy atom. The lowest BCUT2D eigenvalue weighted by Gasteiger charge is -2.27. The van der Waals surface area contributed by atoms with E-state index in [0.29, 0.717) is 6.54 Å². The lowest BCUT2D eigenvalue weighted by atomic mass is 10.1. The van der Waals surface area contributed by atoms with Gasteiger partial charge in [0.05, 0.1) is 19.3 Å². The summed E-state index contributed by atoms with van der Waals surface area (Å²) in [6.07, 6.45) is 0. The van der Waals surface area contributed by atoms with Crippen LogP contribution in [0.5, 0.6) is 0 Å². The molecule has 1 atom stereocenters. The molecular weight excluding hydrogens is 298 g/mol. The molecule has 2 aliphatic rings. The van der Waals surface area contributed by atoms with Crippen LogP contribution in [0.4, 0.5) is 0 Å². The molecule has 2 N–H and O–H groups in total. The van der Waals surface area contributed by atoms with Gasteiger partial charge in [-0.05, 0) is 11.1 Å². The number of ether oxygens (including phenoxy) is 1. The molecule has 1 amide bonds. The maximum atomic E-state index is 12.1. The van der Waals surface area contributed by atoms with Crippen LogP contribution < -0.4 is 10.6 Å². The molecule has 2 aliphatic heterocycles. The van der Waals surface area contributed by atoms with Crippen molar-refractivity contribution in [3.05, 3.63) is 35.4 Å². The highest BCUT2D eigenvalue weighted by Gasteiger charge is 2.22. The topological polar surface area (TPSA) is 53.6 Å². The molecule has 3 rings (SSSR count). The third kappa shape index (κ3) is 4.23. The van der Waals surface area contributed by atoms with Gasteiger partial charge in [0.15, 0.2) is 0 Å². The van der Waals surface area contributed by atoms with Crippen LogP contribution in [0.15, 0.2) is 24.3 Å². The molecule has 5 nitrogen and oxygen atoms in total. The highest BCUT2D eigenvalue weighted by Crippen LogP contribution is 2.14. The number of carbonyl (C=O) groups is 1. The van der Waals surface area contributed by atoms with Crippen molar-refractivity contribution in [3.63, 3.8) is 0 Å². The Morgan fingerprint density at radius 2 is 2.09 bits per heavy atom. The molecule has 2 heterocycles. The van der Waals surface area contributed by atoms with Gasteiger partial charge in [-0.15, -0.1) is 11.8 Å². The van der Waals surface area contributed by atoms with Crippen LogP contribution in [-0.4, -0.2) is 54.8 Å². The first-order chi connectivity index (χ1) is 10.8. The van der Waals surface area contributed by atoms with E-state index in [1.165, 1.54) is 11.1 Å². The smallest absolute Gasteiger partial charge is 0.238 e. The lowest BCUT2D eigenvalue weighted by molar-refractivity contribution is -0.122. The quantitative estimate of drug-likeness (QED) is 0.840. The summed E-state index contributed by atoms with van der Waals surface area (Å²) in [7, 11) is 0. The van der Waals surface area contributed by atoms with E-state index in [4.69, 9.17) is 4.74 Å². The Bertz CT molecular complexity index is 500. The van der Waals surface area contributed by atoms with Gasteiger partial charge in [-0.25, -0.2) is 0 Å². The number of carbonyl (C=O) groups excluding carboxylic acids is 1. The third-order valence-electron chi connectivity index (χ3n) is 4.10. The average Bonchev–Trinajstić information content (AvgIpc) is 3.09. The normalized spacial score (nSPS) is 22.6. The monoisotopic (exact) mass is 321 g/mol. The van der Waals surface area contributed by atoms with Gasteiger partial charge in [-0.2, -0.15) is 0 Å². The molecule has 0 bridgehead atoms. The molecule has 120 valence electrons. The number of amides is 1. The molecule has 1 aromatic carbocycles. The average molecular weight is 321 g/mol. The predicted molar refractivity (Wildman–Crippen MR) is 88.6 cm³/mol. The molecule has 6 heteroatoms. The van der Waals surface area contributed by atoms with Crippen molar-refractivity contribution < 1.29 is 9.53 Å². The predicted octanol–water partition coefficient (Wildman–Crippen LogP) is 0.797. The number of rotatable bonds is 5. The number of morpholine rings is 1. The second-order valence-corrected chi connectivity index (χ2v) is 6.68. The van der Waals surface area contributed by atoms with Crippen LogP contribution in [0.25, 0.3) is 0 Å². The minimum absolute atomic E-state index is 0.0450. The Hall–Kier alpha value is -1.08. The molecule has 0 radical (unpaired) electrons. The highest BCUT2D eigenvalue weighted by molar-refractivity contribution is 7.99. The van der Waals surface area contributed by atoms with E-state index >= 15 is 0 Å². The minimum atomic E-state index is -0.0450. The molecule has 2 fully saturated rings. The first-order valence-electron chi connectivity index (χ1n) is 7.78. The van der Waals surface area contributed by atoms with E-state index in [1.807, 2.05) is 6.07 Å². The maximum Gasteiger partial charge on any atom is 0.238 e. The molecule has 0 aliphatic carbocycles. The second-order valence-electron chi connectivity index (χ2n) is 5.65. The van der Waals surface area contributed by atoms with Crippen LogP contribution in [0.3, 0.4) is 0 Å². The summed E-state index contributed by atoms with van der Waals surface area (Å²) < 4.78 is 5.40. The summed E-state index contributed by atoms with van der Waals surface area (Å²) in [5.74, 6) is 1.83. The van der Waals surface area contributed by atoms with E-state index < -0.39 is 0 Å².